The van der Waals surface area contributed by atoms with E-state index in [2.05, 4.69) is 39.6 Å². The van der Waals surface area contributed by atoms with Crippen molar-refractivity contribution in [1.82, 2.24) is 25.4 Å². The molecule has 0 radical (unpaired) electrons. The highest BCUT2D eigenvalue weighted by Crippen LogP contribution is 2.30. The van der Waals surface area contributed by atoms with Crippen molar-refractivity contribution in [3.8, 4) is 0 Å². The monoisotopic (exact) mass is 462 g/mol. The smallest absolute Gasteiger partial charge is 0.321 e. The van der Waals surface area contributed by atoms with Crippen LogP contribution in [0.25, 0.3) is 0 Å². The minimum absolute atomic E-state index is 0.383. The van der Waals surface area contributed by atoms with Crippen LogP contribution in [0.5, 0.6) is 0 Å². The molecule has 10 heteroatoms. The quantitative estimate of drug-likeness (QED) is 0.633. The summed E-state index contributed by atoms with van der Waals surface area (Å²) in [6.45, 7) is 14.1. The molecule has 176 valence electrons. The van der Waals surface area contributed by atoms with Gasteiger partial charge in [-0.25, -0.2) is 4.79 Å². The molecule has 1 aliphatic heterocycles. The van der Waals surface area contributed by atoms with Gasteiger partial charge in [-0.1, -0.05) is 25.6 Å². The van der Waals surface area contributed by atoms with Crippen molar-refractivity contribution < 1.29 is 14.0 Å². The maximum atomic E-state index is 12.6. The highest BCUT2D eigenvalue weighted by Gasteiger charge is 2.29. The van der Waals surface area contributed by atoms with E-state index in [0.29, 0.717) is 23.5 Å². The molecule has 3 atom stereocenters. The zero-order valence-electron chi connectivity index (χ0n) is 19.7. The van der Waals surface area contributed by atoms with Crippen LogP contribution in [0.3, 0.4) is 0 Å². The number of piperidine rings is 1. The lowest BCUT2D eigenvalue weighted by Gasteiger charge is -2.35. The lowest BCUT2D eigenvalue weighted by Crippen LogP contribution is -2.49. The van der Waals surface area contributed by atoms with Crippen molar-refractivity contribution in [2.75, 3.05) is 18.0 Å². The molecule has 32 heavy (non-hydrogen) atoms. The van der Waals surface area contributed by atoms with E-state index in [9.17, 15) is 9.59 Å². The van der Waals surface area contributed by atoms with Crippen LogP contribution in [-0.4, -0.2) is 50.6 Å². The van der Waals surface area contributed by atoms with Crippen molar-refractivity contribution in [1.29, 1.82) is 0 Å². The van der Waals surface area contributed by atoms with Crippen molar-refractivity contribution in [3.63, 3.8) is 0 Å². The van der Waals surface area contributed by atoms with Gasteiger partial charge in [0.25, 0.3) is 0 Å². The lowest BCUT2D eigenvalue weighted by molar-refractivity contribution is -0.119. The Bertz CT molecular complexity index is 911. The molecule has 3 rings (SSSR count). The number of anilines is 1. The van der Waals surface area contributed by atoms with Gasteiger partial charge in [0.2, 0.25) is 11.9 Å². The molecule has 9 nitrogen and oxygen atoms in total. The topological polar surface area (TPSA) is 105 Å². The molecular weight excluding hydrogens is 428 g/mol. The number of amides is 3. The number of thioether (sulfide) groups is 1. The summed E-state index contributed by atoms with van der Waals surface area (Å²) in [4.78, 5) is 26.9. The Hall–Kier alpha value is -2.49. The second kappa shape index (κ2) is 9.97. The number of aromatic nitrogens is 3. The van der Waals surface area contributed by atoms with Gasteiger partial charge >= 0.3 is 6.03 Å². The normalized spacial score (nSPS) is 20.1. The molecule has 0 aromatic carbocycles. The van der Waals surface area contributed by atoms with Crippen LogP contribution in [0, 0.1) is 11.8 Å². The number of rotatable bonds is 6. The van der Waals surface area contributed by atoms with E-state index < -0.39 is 16.8 Å². The third kappa shape index (κ3) is 6.51. The number of furan rings is 1. The minimum atomic E-state index is -0.535. The molecule has 0 unspecified atom stereocenters. The third-order valence-corrected chi connectivity index (χ3v) is 6.20. The van der Waals surface area contributed by atoms with E-state index in [1.54, 1.807) is 13.2 Å². The predicted octanol–water partition coefficient (Wildman–Crippen LogP) is 3.51. The van der Waals surface area contributed by atoms with Crippen molar-refractivity contribution in [3.05, 3.63) is 24.2 Å². The minimum Gasteiger partial charge on any atom is -0.467 e. The van der Waals surface area contributed by atoms with Crippen LogP contribution in [0.15, 0.2) is 28.0 Å². The summed E-state index contributed by atoms with van der Waals surface area (Å²) in [6, 6.07) is 3.25. The summed E-state index contributed by atoms with van der Waals surface area (Å²) in [7, 11) is 0. The van der Waals surface area contributed by atoms with Crippen LogP contribution in [0.4, 0.5) is 10.7 Å². The molecule has 1 saturated heterocycles. The summed E-state index contributed by atoms with van der Waals surface area (Å²) >= 11 is 1.28. The lowest BCUT2D eigenvalue weighted by atomic mass is 9.92. The summed E-state index contributed by atoms with van der Waals surface area (Å²) in [5.41, 5.74) is -0.429. The predicted molar refractivity (Wildman–Crippen MR) is 125 cm³/mol. The largest absolute Gasteiger partial charge is 0.467 e. The van der Waals surface area contributed by atoms with E-state index in [0.717, 1.165) is 24.8 Å². The molecule has 3 heterocycles. The fourth-order valence-corrected chi connectivity index (χ4v) is 4.77. The molecule has 0 saturated carbocycles. The van der Waals surface area contributed by atoms with E-state index in [1.165, 1.54) is 18.2 Å². The standard InChI is InChI=1S/C22H34N6O3S/c1-14-10-15(2)12-27(11-14)20-25-26-21(28(20)13-17-8-7-9-31-17)32-16(3)18(29)23-19(30)24-22(4,5)6/h7-9,14-16H,10-13H2,1-6H3,(H2,23,24,29,30)/t14-,15-,16+/m1/s1. The number of hydrogen-bond acceptors (Lipinski definition) is 7. The summed E-state index contributed by atoms with van der Waals surface area (Å²) < 4.78 is 7.55. The number of urea groups is 1. The van der Waals surface area contributed by atoms with Gasteiger partial charge in [-0.05, 0) is 58.1 Å². The molecule has 3 amide bonds. The first-order valence-electron chi connectivity index (χ1n) is 11.0. The number of imide groups is 1. The average molecular weight is 463 g/mol. The summed E-state index contributed by atoms with van der Waals surface area (Å²) in [5.74, 6) is 2.31. The van der Waals surface area contributed by atoms with Gasteiger partial charge in [0, 0.05) is 18.6 Å². The number of carbonyl (C=O) groups excluding carboxylic acids is 2. The Morgan fingerprint density at radius 1 is 1.25 bits per heavy atom. The number of nitrogens with zero attached hydrogens (tertiary/aromatic N) is 4. The second-order valence-corrected chi connectivity index (χ2v) is 11.1. The average Bonchev–Trinajstić information content (AvgIpc) is 3.30. The third-order valence-electron chi connectivity index (χ3n) is 5.12. The van der Waals surface area contributed by atoms with E-state index in [1.807, 2.05) is 37.5 Å². The van der Waals surface area contributed by atoms with Gasteiger partial charge in [0.05, 0.1) is 18.1 Å². The van der Waals surface area contributed by atoms with E-state index in [4.69, 9.17) is 4.42 Å². The van der Waals surface area contributed by atoms with Gasteiger partial charge in [0.1, 0.15) is 5.76 Å². The second-order valence-electron chi connectivity index (χ2n) is 9.75. The van der Waals surface area contributed by atoms with E-state index in [-0.39, 0.29) is 5.91 Å². The molecule has 0 aliphatic carbocycles. The van der Waals surface area contributed by atoms with Crippen LogP contribution in [0.2, 0.25) is 0 Å². The van der Waals surface area contributed by atoms with Gasteiger partial charge in [-0.15, -0.1) is 10.2 Å². The number of hydrogen-bond donors (Lipinski definition) is 2. The van der Waals surface area contributed by atoms with Crippen molar-refractivity contribution in [2.45, 2.75) is 70.5 Å². The first-order valence-corrected chi connectivity index (χ1v) is 11.9. The van der Waals surface area contributed by atoms with Crippen LogP contribution < -0.4 is 15.5 Å². The SMILES string of the molecule is C[C@@H]1C[C@@H](C)CN(c2nnc(S[C@@H](C)C(=O)NC(=O)NC(C)(C)C)n2Cc2ccco2)C1. The van der Waals surface area contributed by atoms with Gasteiger partial charge in [-0.2, -0.15) is 0 Å². The van der Waals surface area contributed by atoms with Crippen LogP contribution in [0.1, 0.15) is 53.7 Å². The molecule has 2 aromatic rings. The summed E-state index contributed by atoms with van der Waals surface area (Å²) in [6.07, 6.45) is 2.83. The van der Waals surface area contributed by atoms with Crippen molar-refractivity contribution >= 4 is 29.6 Å². The summed E-state index contributed by atoms with van der Waals surface area (Å²) in [5, 5.41) is 14.1. The Morgan fingerprint density at radius 2 is 1.94 bits per heavy atom. The maximum absolute atomic E-state index is 12.6. The number of carbonyl (C=O) groups is 2. The fourth-order valence-electron chi connectivity index (χ4n) is 3.92. The molecule has 1 aliphatic rings. The Kier molecular flexibility index (Phi) is 7.53. The van der Waals surface area contributed by atoms with Crippen LogP contribution >= 0.6 is 11.8 Å². The highest BCUT2D eigenvalue weighted by atomic mass is 32.2. The molecule has 2 N–H and O–H groups in total. The molecule has 0 spiro atoms. The zero-order valence-corrected chi connectivity index (χ0v) is 20.5. The molecule has 1 fully saturated rings. The molecule has 2 aromatic heterocycles. The highest BCUT2D eigenvalue weighted by molar-refractivity contribution is 8.00. The Labute approximate surface area is 193 Å². The van der Waals surface area contributed by atoms with Gasteiger partial charge in [0.15, 0.2) is 5.16 Å². The maximum Gasteiger partial charge on any atom is 0.321 e. The fraction of sp³-hybridized carbons (Fsp3) is 0.636. The first kappa shape index (κ1) is 24.2. The number of nitrogens with one attached hydrogen (secondary N) is 2. The van der Waals surface area contributed by atoms with Crippen LogP contribution in [-0.2, 0) is 11.3 Å². The Balaban J connectivity index is 1.77. The Morgan fingerprint density at radius 3 is 2.53 bits per heavy atom. The van der Waals surface area contributed by atoms with Crippen molar-refractivity contribution in [2.24, 2.45) is 11.8 Å². The molecule has 0 bridgehead atoms. The van der Waals surface area contributed by atoms with E-state index >= 15 is 0 Å². The first-order chi connectivity index (χ1) is 15.0. The van der Waals surface area contributed by atoms with Gasteiger partial charge in [-0.3, -0.25) is 14.7 Å². The zero-order chi connectivity index (χ0) is 23.5. The van der Waals surface area contributed by atoms with Gasteiger partial charge < -0.3 is 14.6 Å². The molecular formula is C22H34N6O3S.